The summed E-state index contributed by atoms with van der Waals surface area (Å²) in [6.45, 7) is 33.0. The van der Waals surface area contributed by atoms with Crippen molar-refractivity contribution < 1.29 is 0 Å². The van der Waals surface area contributed by atoms with Gasteiger partial charge in [-0.1, -0.05) is 117 Å². The van der Waals surface area contributed by atoms with Crippen LogP contribution < -0.4 is 19.6 Å². The van der Waals surface area contributed by atoms with Crippen LogP contribution in [0.1, 0.15) is 125 Å². The van der Waals surface area contributed by atoms with Crippen molar-refractivity contribution in [2.75, 3.05) is 137 Å². The molecule has 5 saturated carbocycles. The quantitative estimate of drug-likeness (QED) is 0.145. The molecule has 6 aliphatic carbocycles. The van der Waals surface area contributed by atoms with Gasteiger partial charge in [-0.3, -0.25) is 19.6 Å². The molecule has 10 heteroatoms. The lowest BCUT2D eigenvalue weighted by Crippen LogP contribution is -2.51. The zero-order chi connectivity index (χ0) is 57.2. The monoisotopic (exact) mass is 1160 g/mol. The first-order valence-corrected chi connectivity index (χ1v) is 34.4. The van der Waals surface area contributed by atoms with Crippen molar-refractivity contribution >= 4 is 46.0 Å². The minimum absolute atomic E-state index is 0.837. The normalized spacial score (nSPS) is 28.8. The molecule has 8 atom stereocenters. The average molecular weight is 1170 g/mol. The number of hydrogen-bond donors (Lipinski definition) is 0. The molecule has 0 N–H and O–H groups in total. The van der Waals surface area contributed by atoms with E-state index in [-0.39, 0.29) is 0 Å². The number of aryl methyl sites for hydroxylation is 4. The zero-order valence-corrected chi connectivity index (χ0v) is 53.6. The fourth-order valence-electron chi connectivity index (χ4n) is 17.0. The summed E-state index contributed by atoms with van der Waals surface area (Å²) in [4.78, 5) is 21.0. The second-order valence-electron chi connectivity index (χ2n) is 27.9. The van der Waals surface area contributed by atoms with Crippen molar-refractivity contribution in [3.05, 3.63) is 129 Å². The molecule has 4 saturated heterocycles. The molecule has 452 valence electrons. The molecule has 9 fully saturated rings. The van der Waals surface area contributed by atoms with Crippen molar-refractivity contribution in [3.8, 4) is 0 Å². The van der Waals surface area contributed by atoms with Crippen molar-refractivity contribution in [3.63, 3.8) is 0 Å². The van der Waals surface area contributed by atoms with Gasteiger partial charge in [-0.2, -0.15) is 0 Å². The van der Waals surface area contributed by atoms with E-state index in [1.165, 1.54) is 233 Å². The van der Waals surface area contributed by atoms with E-state index in [0.717, 1.165) is 89.7 Å². The van der Waals surface area contributed by atoms with Crippen LogP contribution in [0.5, 0.6) is 0 Å². The molecular formula is C73H106Cl2N8. The summed E-state index contributed by atoms with van der Waals surface area (Å²) < 4.78 is 0. The van der Waals surface area contributed by atoms with E-state index in [1.807, 2.05) is 18.2 Å². The number of anilines is 4. The molecule has 83 heavy (non-hydrogen) atoms. The Bertz CT molecular complexity index is 2670. The van der Waals surface area contributed by atoms with E-state index in [4.69, 9.17) is 23.2 Å². The molecule has 14 rings (SSSR count). The first kappa shape index (κ1) is 60.9. The van der Waals surface area contributed by atoms with Crippen LogP contribution in [0, 0.1) is 69.1 Å². The third-order valence-electron chi connectivity index (χ3n) is 21.9. The summed E-state index contributed by atoms with van der Waals surface area (Å²) >= 11 is 12.2. The summed E-state index contributed by atoms with van der Waals surface area (Å²) in [6, 6.07) is 32.0. The molecule has 4 bridgehead atoms. The van der Waals surface area contributed by atoms with E-state index < -0.39 is 0 Å². The van der Waals surface area contributed by atoms with Crippen molar-refractivity contribution in [1.82, 2.24) is 19.6 Å². The number of allylic oxidation sites excluding steroid dienone is 2. The van der Waals surface area contributed by atoms with Crippen LogP contribution in [0.4, 0.5) is 22.7 Å². The third-order valence-corrected chi connectivity index (χ3v) is 22.3. The molecule has 8 unspecified atom stereocenters. The van der Waals surface area contributed by atoms with Gasteiger partial charge in [0.25, 0.3) is 0 Å². The van der Waals surface area contributed by atoms with Crippen LogP contribution in [0.25, 0.3) is 0 Å². The topological polar surface area (TPSA) is 25.9 Å². The molecule has 4 aliphatic heterocycles. The highest BCUT2D eigenvalue weighted by Crippen LogP contribution is 2.47. The Labute approximate surface area is 513 Å². The highest BCUT2D eigenvalue weighted by Gasteiger charge is 2.43. The van der Waals surface area contributed by atoms with Gasteiger partial charge in [-0.25, -0.2) is 0 Å². The highest BCUT2D eigenvalue weighted by atomic mass is 35.5. The van der Waals surface area contributed by atoms with Crippen molar-refractivity contribution in [2.45, 2.75) is 143 Å². The van der Waals surface area contributed by atoms with E-state index in [0.29, 0.717) is 0 Å². The van der Waals surface area contributed by atoms with Crippen LogP contribution in [0.2, 0.25) is 10.0 Å². The second-order valence-corrected chi connectivity index (χ2v) is 28.7. The van der Waals surface area contributed by atoms with Gasteiger partial charge >= 0.3 is 0 Å². The fraction of sp³-hybridized carbons (Fsp3) is 0.644. The maximum Gasteiger partial charge on any atom is 0.0426 e. The first-order chi connectivity index (χ1) is 40.4. The smallest absolute Gasteiger partial charge is 0.0426 e. The molecule has 4 aromatic rings. The summed E-state index contributed by atoms with van der Waals surface area (Å²) in [5, 5.41) is 1.68. The van der Waals surface area contributed by atoms with Gasteiger partial charge in [0.15, 0.2) is 0 Å². The molecule has 0 aromatic heterocycles. The van der Waals surface area contributed by atoms with Crippen molar-refractivity contribution in [1.29, 1.82) is 0 Å². The Kier molecular flexibility index (Phi) is 21.5. The van der Waals surface area contributed by atoms with E-state index >= 15 is 0 Å². The molecule has 0 radical (unpaired) electrons. The standard InChI is InChI=1S/2C19H30N2.C18H23ClN2.C17H23ClN2/c1-15-5-4-6-18(13-15)20-9-11-21(12-10-20)19-14-16(2)7-8-17(19)3;1-16-8-9-17(2)19(14-16)21-12-10-20(11-13-21)15-18-6-4-3-5-7-18;19-17-2-1-3-18(12-17)21-8-6-20(7-9-21)13-16-11-14-4-5-15(16)10-14;18-15-2-1-3-16(12-15)19-6-8-20(9-7-19)17-11-13-4-5-14(17)10-13/h7-8,14-15,18H,4-6,9-13H2,1-3H3;8-9,14,18H,3-7,10-13,15H2,1-2H3;1-5,12,14-16H,6-11,13H2;1-3,12-14,17H,4-11H2. The molecule has 8 nitrogen and oxygen atoms in total. The minimum Gasteiger partial charge on any atom is -0.369 e. The first-order valence-electron chi connectivity index (χ1n) is 33.7. The minimum atomic E-state index is 0.837. The molecule has 4 aromatic carbocycles. The molecule has 10 aliphatic rings. The Balaban J connectivity index is 0.000000116. The molecule has 0 spiro atoms. The summed E-state index contributed by atoms with van der Waals surface area (Å²) in [7, 11) is 0. The molecule has 0 amide bonds. The predicted octanol–water partition coefficient (Wildman–Crippen LogP) is 15.3. The Hall–Kier alpha value is -3.76. The van der Waals surface area contributed by atoms with Crippen LogP contribution in [0.15, 0.2) is 97.1 Å². The molecular weight excluding hydrogens is 1060 g/mol. The number of piperazine rings is 4. The average Bonchev–Trinajstić information content (AvgIpc) is 4.54. The van der Waals surface area contributed by atoms with Gasteiger partial charge in [0.05, 0.1) is 0 Å². The summed E-state index contributed by atoms with van der Waals surface area (Å²) in [5.74, 6) is 6.66. The maximum atomic E-state index is 6.10. The lowest BCUT2D eigenvalue weighted by Gasteiger charge is -2.43. The lowest BCUT2D eigenvalue weighted by atomic mass is 9.86. The highest BCUT2D eigenvalue weighted by molar-refractivity contribution is 6.31. The van der Waals surface area contributed by atoms with Gasteiger partial charge in [-0.05, 0) is 198 Å². The summed E-state index contributed by atoms with van der Waals surface area (Å²) in [6.07, 6.45) is 26.8. The number of halogens is 2. The van der Waals surface area contributed by atoms with Crippen LogP contribution in [-0.4, -0.2) is 149 Å². The van der Waals surface area contributed by atoms with Crippen molar-refractivity contribution in [2.24, 2.45) is 41.4 Å². The van der Waals surface area contributed by atoms with Gasteiger partial charge < -0.3 is 19.6 Å². The predicted molar refractivity (Wildman–Crippen MR) is 356 cm³/mol. The number of benzene rings is 4. The van der Waals surface area contributed by atoms with E-state index in [9.17, 15) is 0 Å². The number of hydrogen-bond acceptors (Lipinski definition) is 8. The van der Waals surface area contributed by atoms with Crippen LogP contribution in [-0.2, 0) is 0 Å². The Morgan fingerprint density at radius 2 is 1.00 bits per heavy atom. The number of nitrogens with zero attached hydrogens (tertiary/aromatic N) is 8. The van der Waals surface area contributed by atoms with E-state index in [1.54, 1.807) is 0 Å². The fourth-order valence-corrected chi connectivity index (χ4v) is 17.4. The van der Waals surface area contributed by atoms with Crippen LogP contribution in [0.3, 0.4) is 0 Å². The largest absolute Gasteiger partial charge is 0.369 e. The van der Waals surface area contributed by atoms with E-state index in [2.05, 4.69) is 153 Å². The Morgan fingerprint density at radius 3 is 1.52 bits per heavy atom. The van der Waals surface area contributed by atoms with Crippen LogP contribution >= 0.6 is 23.2 Å². The lowest BCUT2D eigenvalue weighted by molar-refractivity contribution is 0.127. The SMILES string of the molecule is Cc1ccc(C)c(N2CCN(C3CCCC(C)C3)CC2)c1.Cc1ccc(C)c(N2CCN(CC3CCCCC3)CC2)c1.Clc1cccc(N2CCN(C3CC4CCC3C4)CC2)c1.Clc1cccc(N2CCN(CC3CC4C=CC3C4)CC2)c1. The second kappa shape index (κ2) is 29.3. The number of rotatable bonds is 10. The van der Waals surface area contributed by atoms with Gasteiger partial charge in [0.1, 0.15) is 0 Å². The maximum absolute atomic E-state index is 6.10. The Morgan fingerprint density at radius 1 is 0.446 bits per heavy atom. The third kappa shape index (κ3) is 16.5. The van der Waals surface area contributed by atoms with Gasteiger partial charge in [0.2, 0.25) is 0 Å². The summed E-state index contributed by atoms with van der Waals surface area (Å²) in [5.41, 5.74) is 11.0. The zero-order valence-electron chi connectivity index (χ0n) is 52.1. The van der Waals surface area contributed by atoms with Gasteiger partial charge in [0, 0.05) is 163 Å². The molecule has 4 heterocycles. The number of fused-ring (bicyclic) bond motifs is 4. The van der Waals surface area contributed by atoms with Gasteiger partial charge in [-0.15, -0.1) is 0 Å².